The van der Waals surface area contributed by atoms with E-state index in [1.54, 1.807) is 37.4 Å². The third-order valence-corrected chi connectivity index (χ3v) is 4.39. The molecule has 0 bridgehead atoms. The summed E-state index contributed by atoms with van der Waals surface area (Å²) in [6.07, 6.45) is 0. The summed E-state index contributed by atoms with van der Waals surface area (Å²) in [5, 5.41) is 3.32. The molecule has 4 nitrogen and oxygen atoms in total. The van der Waals surface area contributed by atoms with Gasteiger partial charge < -0.3 is 10.2 Å². The molecule has 0 saturated carbocycles. The molecular formula is C16H13Cl2IN2O2. The highest BCUT2D eigenvalue weighted by molar-refractivity contribution is 14.1. The average Bonchev–Trinajstić information content (AvgIpc) is 2.51. The Morgan fingerprint density at radius 3 is 2.22 bits per heavy atom. The van der Waals surface area contributed by atoms with Gasteiger partial charge in [0.1, 0.15) is 0 Å². The predicted molar refractivity (Wildman–Crippen MR) is 101 cm³/mol. The van der Waals surface area contributed by atoms with Crippen molar-refractivity contribution in [3.8, 4) is 0 Å². The van der Waals surface area contributed by atoms with E-state index in [4.69, 9.17) is 23.2 Å². The number of nitrogens with zero attached hydrogens (tertiary/aromatic N) is 1. The number of rotatable bonds is 4. The number of amides is 2. The molecule has 0 aliphatic heterocycles. The van der Waals surface area contributed by atoms with Gasteiger partial charge in [-0.3, -0.25) is 9.59 Å². The normalized spacial score (nSPS) is 10.3. The highest BCUT2D eigenvalue weighted by Gasteiger charge is 2.16. The van der Waals surface area contributed by atoms with Crippen molar-refractivity contribution in [1.29, 1.82) is 0 Å². The summed E-state index contributed by atoms with van der Waals surface area (Å²) in [6.45, 7) is -0.105. The summed E-state index contributed by atoms with van der Waals surface area (Å²) in [7, 11) is 1.56. The molecule has 0 fully saturated rings. The van der Waals surface area contributed by atoms with Crippen molar-refractivity contribution in [2.45, 2.75) is 0 Å². The van der Waals surface area contributed by atoms with Gasteiger partial charge in [-0.1, -0.05) is 29.3 Å². The summed E-state index contributed by atoms with van der Waals surface area (Å²) in [5.74, 6) is -0.608. The summed E-state index contributed by atoms with van der Waals surface area (Å²) < 4.78 is 1.04. The smallest absolute Gasteiger partial charge is 0.254 e. The van der Waals surface area contributed by atoms with Crippen LogP contribution in [0.3, 0.4) is 0 Å². The number of para-hydroxylation sites is 1. The fourth-order valence-corrected chi connectivity index (χ4v) is 2.75. The van der Waals surface area contributed by atoms with Gasteiger partial charge in [0.15, 0.2) is 0 Å². The van der Waals surface area contributed by atoms with Crippen LogP contribution < -0.4 is 5.32 Å². The van der Waals surface area contributed by atoms with Crippen molar-refractivity contribution < 1.29 is 9.59 Å². The van der Waals surface area contributed by atoms with Gasteiger partial charge in [0.25, 0.3) is 5.91 Å². The van der Waals surface area contributed by atoms with Gasteiger partial charge in [-0.05, 0) is 59.0 Å². The number of halogens is 3. The second-order valence-electron chi connectivity index (χ2n) is 4.81. The lowest BCUT2D eigenvalue weighted by Crippen LogP contribution is -2.35. The number of hydrogen-bond acceptors (Lipinski definition) is 2. The molecule has 0 aromatic heterocycles. The van der Waals surface area contributed by atoms with E-state index in [0.717, 1.165) is 3.57 Å². The highest BCUT2D eigenvalue weighted by Crippen LogP contribution is 2.29. The zero-order valence-corrected chi connectivity index (χ0v) is 15.8. The molecule has 0 unspecified atom stereocenters. The molecule has 1 N–H and O–H groups in total. The molecule has 2 rings (SSSR count). The van der Waals surface area contributed by atoms with Crippen LogP contribution in [0.5, 0.6) is 0 Å². The van der Waals surface area contributed by atoms with Crippen LogP contribution in [-0.2, 0) is 4.79 Å². The number of carbonyl (C=O) groups excluding carboxylic acids is 2. The average molecular weight is 463 g/mol. The Hall–Kier alpha value is -1.31. The van der Waals surface area contributed by atoms with Crippen LogP contribution in [0.15, 0.2) is 42.5 Å². The van der Waals surface area contributed by atoms with Crippen molar-refractivity contribution in [3.63, 3.8) is 0 Å². The Balaban J connectivity index is 2.02. The van der Waals surface area contributed by atoms with E-state index in [1.165, 1.54) is 4.90 Å². The lowest BCUT2D eigenvalue weighted by molar-refractivity contribution is -0.116. The van der Waals surface area contributed by atoms with Crippen molar-refractivity contribution in [1.82, 2.24) is 4.90 Å². The van der Waals surface area contributed by atoms with E-state index in [9.17, 15) is 9.59 Å². The topological polar surface area (TPSA) is 49.4 Å². The SMILES string of the molecule is CN(CC(=O)Nc1c(Cl)cccc1Cl)C(=O)c1ccc(I)cc1. The maximum atomic E-state index is 12.3. The molecular weight excluding hydrogens is 450 g/mol. The molecule has 7 heteroatoms. The number of likely N-dealkylation sites (N-methyl/N-ethyl adjacent to an activating group) is 1. The number of anilines is 1. The second-order valence-corrected chi connectivity index (χ2v) is 6.87. The quantitative estimate of drug-likeness (QED) is 0.688. The summed E-state index contributed by atoms with van der Waals surface area (Å²) in [4.78, 5) is 25.7. The zero-order chi connectivity index (χ0) is 17.0. The van der Waals surface area contributed by atoms with Gasteiger partial charge in [-0.2, -0.15) is 0 Å². The van der Waals surface area contributed by atoms with Gasteiger partial charge in [-0.25, -0.2) is 0 Å². The van der Waals surface area contributed by atoms with E-state index in [2.05, 4.69) is 27.9 Å². The molecule has 2 aromatic rings. The van der Waals surface area contributed by atoms with Crippen LogP contribution in [0.2, 0.25) is 10.0 Å². The zero-order valence-electron chi connectivity index (χ0n) is 12.1. The van der Waals surface area contributed by atoms with Gasteiger partial charge in [0.05, 0.1) is 22.3 Å². The first-order valence-corrected chi connectivity index (χ1v) is 8.47. The Morgan fingerprint density at radius 2 is 1.65 bits per heavy atom. The Labute approximate surface area is 157 Å². The Bertz CT molecular complexity index is 715. The minimum Gasteiger partial charge on any atom is -0.332 e. The Kier molecular flexibility index (Phi) is 6.26. The lowest BCUT2D eigenvalue weighted by Gasteiger charge is -2.17. The molecule has 120 valence electrons. The molecule has 0 aliphatic carbocycles. The van der Waals surface area contributed by atoms with E-state index in [1.807, 2.05) is 12.1 Å². The van der Waals surface area contributed by atoms with Crippen LogP contribution >= 0.6 is 45.8 Å². The van der Waals surface area contributed by atoms with Crippen LogP contribution in [-0.4, -0.2) is 30.3 Å². The molecule has 0 saturated heterocycles. The first kappa shape index (κ1) is 18.0. The summed E-state index contributed by atoms with van der Waals surface area (Å²) >= 11 is 14.2. The third-order valence-electron chi connectivity index (χ3n) is 3.05. The third kappa shape index (κ3) is 4.83. The standard InChI is InChI=1S/C16H13Cl2IN2O2/c1-21(16(23)10-5-7-11(19)8-6-10)9-14(22)20-15-12(17)3-2-4-13(15)18/h2-8H,9H2,1H3,(H,20,22). The van der Waals surface area contributed by atoms with E-state index >= 15 is 0 Å². The number of benzene rings is 2. The monoisotopic (exact) mass is 462 g/mol. The van der Waals surface area contributed by atoms with Gasteiger partial charge >= 0.3 is 0 Å². The van der Waals surface area contributed by atoms with E-state index in [0.29, 0.717) is 21.3 Å². The predicted octanol–water partition coefficient (Wildman–Crippen LogP) is 4.31. The highest BCUT2D eigenvalue weighted by atomic mass is 127. The van der Waals surface area contributed by atoms with Gasteiger partial charge in [0.2, 0.25) is 5.91 Å². The van der Waals surface area contributed by atoms with Gasteiger partial charge in [0, 0.05) is 16.2 Å². The van der Waals surface area contributed by atoms with E-state index < -0.39 is 0 Å². The molecule has 23 heavy (non-hydrogen) atoms. The van der Waals surface area contributed by atoms with Crippen LogP contribution in [0.4, 0.5) is 5.69 Å². The molecule has 2 aromatic carbocycles. The maximum absolute atomic E-state index is 12.3. The van der Waals surface area contributed by atoms with Crippen molar-refractivity contribution in [3.05, 3.63) is 61.6 Å². The fraction of sp³-hybridized carbons (Fsp3) is 0.125. The van der Waals surface area contributed by atoms with Crippen LogP contribution in [0.25, 0.3) is 0 Å². The molecule has 0 atom stereocenters. The second kappa shape index (κ2) is 7.99. The minimum atomic E-state index is -0.374. The largest absolute Gasteiger partial charge is 0.332 e. The number of nitrogens with one attached hydrogen (secondary N) is 1. The van der Waals surface area contributed by atoms with Gasteiger partial charge in [-0.15, -0.1) is 0 Å². The van der Waals surface area contributed by atoms with Crippen LogP contribution in [0, 0.1) is 3.57 Å². The number of carbonyl (C=O) groups is 2. The summed E-state index contributed by atoms with van der Waals surface area (Å²) in [5.41, 5.74) is 0.868. The molecule has 0 spiro atoms. The fourth-order valence-electron chi connectivity index (χ4n) is 1.90. The van der Waals surface area contributed by atoms with E-state index in [-0.39, 0.29) is 18.4 Å². The maximum Gasteiger partial charge on any atom is 0.254 e. The Morgan fingerprint density at radius 1 is 1.09 bits per heavy atom. The van der Waals surface area contributed by atoms with Crippen molar-refractivity contribution in [2.24, 2.45) is 0 Å². The molecule has 0 heterocycles. The lowest BCUT2D eigenvalue weighted by atomic mass is 10.2. The first-order valence-electron chi connectivity index (χ1n) is 6.63. The molecule has 0 aliphatic rings. The van der Waals surface area contributed by atoms with Crippen molar-refractivity contribution in [2.75, 3.05) is 18.9 Å². The molecule has 2 amide bonds. The minimum absolute atomic E-state index is 0.105. The first-order chi connectivity index (χ1) is 10.9. The van der Waals surface area contributed by atoms with Crippen molar-refractivity contribution >= 4 is 63.3 Å². The summed E-state index contributed by atoms with van der Waals surface area (Å²) in [6, 6.07) is 12.1. The van der Waals surface area contributed by atoms with Crippen LogP contribution in [0.1, 0.15) is 10.4 Å². The molecule has 0 radical (unpaired) electrons. The number of hydrogen-bond donors (Lipinski definition) is 1.